The molecular weight excluding hydrogens is 185 g/mol. The molecule has 0 aromatic carbocycles. The van der Waals surface area contributed by atoms with Gasteiger partial charge in [0, 0.05) is 0 Å². The van der Waals surface area contributed by atoms with Gasteiger partial charge >= 0.3 is 60.5 Å². The minimum absolute atomic E-state index is 0.385. The molecule has 2 N–H and O–H groups in total. The molecule has 0 saturated heterocycles. The number of carbonyl (C=O) groups is 1. The van der Waals surface area contributed by atoms with Gasteiger partial charge in [-0.3, -0.25) is 0 Å². The molecule has 0 amide bonds. The van der Waals surface area contributed by atoms with Crippen LogP contribution in [0.15, 0.2) is 0 Å². The molecular formula is C5H11NO2Se. The molecule has 0 aliphatic heterocycles. The van der Waals surface area contributed by atoms with Gasteiger partial charge in [-0.1, -0.05) is 0 Å². The predicted molar refractivity (Wildman–Crippen MR) is 36.2 cm³/mol. The van der Waals surface area contributed by atoms with Crippen molar-refractivity contribution in [3.05, 3.63) is 0 Å². The van der Waals surface area contributed by atoms with E-state index < -0.39 is 0 Å². The zero-order valence-electron chi connectivity index (χ0n) is 5.37. The van der Waals surface area contributed by atoms with Crippen LogP contribution in [0.25, 0.3) is 0 Å². The summed E-state index contributed by atoms with van der Waals surface area (Å²) in [6, 6.07) is 0. The monoisotopic (exact) mass is 197 g/mol. The van der Waals surface area contributed by atoms with E-state index in [-0.39, 0.29) is 6.23 Å². The van der Waals surface area contributed by atoms with E-state index >= 15 is 0 Å². The van der Waals surface area contributed by atoms with Crippen LogP contribution in [0.4, 0.5) is 0 Å². The molecule has 0 radical (unpaired) electrons. The third kappa shape index (κ3) is 5.83. The molecule has 0 heterocycles. The van der Waals surface area contributed by atoms with E-state index in [1.807, 2.05) is 0 Å². The van der Waals surface area contributed by atoms with Gasteiger partial charge in [0.15, 0.2) is 0 Å². The molecule has 1 atom stereocenters. The zero-order valence-corrected chi connectivity index (χ0v) is 7.08. The Morgan fingerprint density at radius 1 is 1.89 bits per heavy atom. The summed E-state index contributed by atoms with van der Waals surface area (Å²) in [5.74, 6) is 2.13. The van der Waals surface area contributed by atoms with Gasteiger partial charge in [0.05, 0.1) is 0 Å². The second-order valence-electron chi connectivity index (χ2n) is 1.55. The Labute approximate surface area is 61.1 Å². The minimum atomic E-state index is -0.385. The van der Waals surface area contributed by atoms with E-state index in [4.69, 9.17) is 5.73 Å². The molecule has 3 nitrogen and oxygen atoms in total. The van der Waals surface area contributed by atoms with Gasteiger partial charge in [-0.2, -0.15) is 0 Å². The number of ether oxygens (including phenoxy) is 1. The fourth-order valence-electron chi connectivity index (χ4n) is 0.373. The van der Waals surface area contributed by atoms with Crippen molar-refractivity contribution < 1.29 is 9.53 Å². The van der Waals surface area contributed by atoms with Crippen molar-refractivity contribution in [3.63, 3.8) is 0 Å². The second kappa shape index (κ2) is 6.08. The van der Waals surface area contributed by atoms with Crippen LogP contribution in [0.5, 0.6) is 0 Å². The number of hydrogen-bond acceptors (Lipinski definition) is 3. The van der Waals surface area contributed by atoms with E-state index in [1.165, 1.54) is 0 Å². The van der Waals surface area contributed by atoms with Crippen molar-refractivity contribution >= 4 is 21.4 Å². The third-order valence-electron chi connectivity index (χ3n) is 0.837. The fourth-order valence-corrected chi connectivity index (χ4v) is 1.36. The van der Waals surface area contributed by atoms with Crippen LogP contribution in [-0.4, -0.2) is 27.7 Å². The molecule has 0 aliphatic rings. The Hall–Kier alpha value is -0.0505. The van der Waals surface area contributed by atoms with Crippen molar-refractivity contribution in [3.8, 4) is 0 Å². The standard InChI is InChI=1S/C5H11NO2Se/c1-9-3-2-5(6)8-4-7/h4-5H,2-3,6H2,1H3/t5-/m1/s1. The predicted octanol–water partition coefficient (Wildman–Crippen LogP) is 0.00490. The fraction of sp³-hybridized carbons (Fsp3) is 0.800. The van der Waals surface area contributed by atoms with Crippen LogP contribution in [0.1, 0.15) is 6.42 Å². The normalized spacial score (nSPS) is 12.7. The Morgan fingerprint density at radius 3 is 3.00 bits per heavy atom. The first-order valence-electron chi connectivity index (χ1n) is 2.65. The van der Waals surface area contributed by atoms with Gasteiger partial charge in [0.2, 0.25) is 0 Å². The maximum atomic E-state index is 9.68. The summed E-state index contributed by atoms with van der Waals surface area (Å²) in [5, 5.41) is 1.07. The van der Waals surface area contributed by atoms with Crippen molar-refractivity contribution in [2.45, 2.75) is 23.8 Å². The van der Waals surface area contributed by atoms with Gasteiger partial charge in [0.25, 0.3) is 0 Å². The average Bonchev–Trinajstić information content (AvgIpc) is 1.85. The summed E-state index contributed by atoms with van der Waals surface area (Å²) < 4.78 is 4.45. The summed E-state index contributed by atoms with van der Waals surface area (Å²) in [6.07, 6.45) is 0.402. The average molecular weight is 196 g/mol. The van der Waals surface area contributed by atoms with E-state index in [1.54, 1.807) is 0 Å². The number of carbonyl (C=O) groups excluding carboxylic acids is 1. The maximum absolute atomic E-state index is 9.68. The zero-order chi connectivity index (χ0) is 7.11. The third-order valence-corrected chi connectivity index (χ3v) is 2.19. The summed E-state index contributed by atoms with van der Waals surface area (Å²) in [7, 11) is 0. The van der Waals surface area contributed by atoms with Crippen LogP contribution in [0.3, 0.4) is 0 Å². The van der Waals surface area contributed by atoms with Crippen LogP contribution >= 0.6 is 0 Å². The summed E-state index contributed by atoms with van der Waals surface area (Å²) in [6.45, 7) is 0.396. The van der Waals surface area contributed by atoms with Crippen molar-refractivity contribution in [2.24, 2.45) is 5.73 Å². The van der Waals surface area contributed by atoms with Crippen LogP contribution in [0.2, 0.25) is 11.1 Å². The van der Waals surface area contributed by atoms with Gasteiger partial charge in [-0.15, -0.1) is 0 Å². The van der Waals surface area contributed by atoms with Gasteiger partial charge in [-0.25, -0.2) is 0 Å². The first-order valence-corrected chi connectivity index (χ1v) is 5.57. The Kier molecular flexibility index (Phi) is 6.04. The molecule has 0 aromatic rings. The SMILES string of the molecule is C[Se]CC[C@H](N)OC=O. The second-order valence-corrected chi connectivity index (χ2v) is 3.62. The summed E-state index contributed by atoms with van der Waals surface area (Å²) in [5.41, 5.74) is 5.33. The Bertz CT molecular complexity index is 79.4. The van der Waals surface area contributed by atoms with Crippen molar-refractivity contribution in [1.29, 1.82) is 0 Å². The molecule has 0 rings (SSSR count). The van der Waals surface area contributed by atoms with Crippen LogP contribution in [-0.2, 0) is 9.53 Å². The van der Waals surface area contributed by atoms with Gasteiger partial charge in [-0.05, 0) is 0 Å². The molecule has 0 unspecified atom stereocenters. The molecule has 0 aromatic heterocycles. The quantitative estimate of drug-likeness (QED) is 0.382. The Morgan fingerprint density at radius 2 is 2.56 bits per heavy atom. The topological polar surface area (TPSA) is 52.3 Å². The number of rotatable bonds is 5. The van der Waals surface area contributed by atoms with Crippen LogP contribution in [0, 0.1) is 0 Å². The number of hydrogen-bond donors (Lipinski definition) is 1. The van der Waals surface area contributed by atoms with E-state index in [9.17, 15) is 4.79 Å². The molecule has 4 heteroatoms. The summed E-state index contributed by atoms with van der Waals surface area (Å²) >= 11 is 0.629. The first-order chi connectivity index (χ1) is 4.31. The van der Waals surface area contributed by atoms with Gasteiger partial charge in [0.1, 0.15) is 0 Å². The molecule has 0 spiro atoms. The summed E-state index contributed by atoms with van der Waals surface area (Å²) in [4.78, 5) is 9.68. The van der Waals surface area contributed by atoms with E-state index in [0.29, 0.717) is 21.4 Å². The number of nitrogens with two attached hydrogens (primary N) is 1. The molecule has 0 bridgehead atoms. The van der Waals surface area contributed by atoms with E-state index in [2.05, 4.69) is 10.6 Å². The molecule has 0 saturated carbocycles. The molecule has 0 aliphatic carbocycles. The van der Waals surface area contributed by atoms with E-state index in [0.717, 1.165) is 11.7 Å². The van der Waals surface area contributed by atoms with Crippen molar-refractivity contribution in [2.75, 3.05) is 0 Å². The molecule has 0 fully saturated rings. The van der Waals surface area contributed by atoms with Crippen molar-refractivity contribution in [1.82, 2.24) is 0 Å². The van der Waals surface area contributed by atoms with Crippen LogP contribution < -0.4 is 5.73 Å². The molecule has 54 valence electrons. The first kappa shape index (κ1) is 8.95. The Balaban J connectivity index is 3.04. The van der Waals surface area contributed by atoms with Gasteiger partial charge < -0.3 is 0 Å². The molecule has 9 heavy (non-hydrogen) atoms.